The number of hydrogen-bond donors (Lipinski definition) is 1. The van der Waals surface area contributed by atoms with Crippen molar-refractivity contribution in [3.63, 3.8) is 0 Å². The Morgan fingerprint density at radius 3 is 2.50 bits per heavy atom. The Morgan fingerprint density at radius 1 is 1.14 bits per heavy atom. The number of carbonyl (C=O) groups is 1. The van der Waals surface area contributed by atoms with Gasteiger partial charge in [0.1, 0.15) is 5.65 Å². The molecule has 0 aliphatic heterocycles. The van der Waals surface area contributed by atoms with Gasteiger partial charge in [-0.05, 0) is 41.9 Å². The maximum absolute atomic E-state index is 12.8. The molecule has 0 fully saturated rings. The molecule has 1 aliphatic rings. The van der Waals surface area contributed by atoms with Gasteiger partial charge in [0.25, 0.3) is 5.56 Å². The maximum atomic E-state index is 12.8. The highest BCUT2D eigenvalue weighted by molar-refractivity contribution is 6.02. The van der Waals surface area contributed by atoms with E-state index >= 15 is 0 Å². The van der Waals surface area contributed by atoms with Crippen LogP contribution >= 0.6 is 0 Å². The summed E-state index contributed by atoms with van der Waals surface area (Å²) >= 11 is 0. The molecule has 6 nitrogen and oxygen atoms in total. The lowest BCUT2D eigenvalue weighted by atomic mass is 9.79. The number of hydrogen-bond acceptors (Lipinski definition) is 4. The van der Waals surface area contributed by atoms with Crippen molar-refractivity contribution in [2.24, 2.45) is 0 Å². The first kappa shape index (κ1) is 18.3. The first-order valence-electron chi connectivity index (χ1n) is 9.68. The number of fused-ring (bicyclic) bond motifs is 3. The Balaban J connectivity index is 1.86. The van der Waals surface area contributed by atoms with E-state index in [0.717, 1.165) is 5.56 Å². The fourth-order valence-electron chi connectivity index (χ4n) is 4.09. The highest BCUT2D eigenvalue weighted by Crippen LogP contribution is 2.35. The van der Waals surface area contributed by atoms with Crippen molar-refractivity contribution in [1.29, 1.82) is 0 Å². The topological polar surface area (TPSA) is 84.8 Å². The molecular formula is C22H23N3O3. The van der Waals surface area contributed by atoms with Crippen LogP contribution in [0.4, 0.5) is 0 Å². The molecule has 1 N–H and O–H groups in total. The van der Waals surface area contributed by atoms with E-state index in [2.05, 4.69) is 48.1 Å². The number of aryl methyl sites for hydroxylation is 1. The van der Waals surface area contributed by atoms with Crippen LogP contribution in [0.5, 0.6) is 0 Å². The molecule has 0 saturated carbocycles. The van der Waals surface area contributed by atoms with Gasteiger partial charge in [-0.3, -0.25) is 19.1 Å². The Labute approximate surface area is 162 Å². The highest BCUT2D eigenvalue weighted by Gasteiger charge is 2.29. The Morgan fingerprint density at radius 2 is 1.86 bits per heavy atom. The maximum Gasteiger partial charge on any atom is 0.329 e. The van der Waals surface area contributed by atoms with Crippen molar-refractivity contribution >= 4 is 16.8 Å². The Kier molecular flexibility index (Phi) is 4.49. The number of benzene rings is 1. The van der Waals surface area contributed by atoms with Crippen molar-refractivity contribution in [3.05, 3.63) is 73.6 Å². The van der Waals surface area contributed by atoms with Gasteiger partial charge < -0.3 is 0 Å². The lowest BCUT2D eigenvalue weighted by Gasteiger charge is -2.25. The SMILES string of the molecule is CCn1c(=O)[nH]c(=O)c2c3c(cnc21)C(=O)C[C@@H](c1ccc(C(C)C)cc1)C3. The van der Waals surface area contributed by atoms with Crippen molar-refractivity contribution < 1.29 is 4.79 Å². The average Bonchev–Trinajstić information content (AvgIpc) is 2.67. The van der Waals surface area contributed by atoms with Crippen LogP contribution in [-0.2, 0) is 13.0 Å². The van der Waals surface area contributed by atoms with E-state index in [-0.39, 0.29) is 11.7 Å². The normalized spacial score (nSPS) is 16.6. The molecule has 0 saturated heterocycles. The molecule has 1 aliphatic carbocycles. The van der Waals surface area contributed by atoms with E-state index in [0.29, 0.717) is 47.5 Å². The van der Waals surface area contributed by atoms with Gasteiger partial charge in [-0.25, -0.2) is 9.78 Å². The van der Waals surface area contributed by atoms with Gasteiger partial charge in [-0.1, -0.05) is 38.1 Å². The standard InChI is InChI=1S/C22H23N3O3/c1-4-25-20-19(21(27)24-22(25)28)16-9-15(10-18(26)17(16)11-23-20)14-7-5-13(6-8-14)12(2)3/h5-8,11-12,15H,4,9-10H2,1-3H3,(H,24,27,28)/t15-/m0/s1. The van der Waals surface area contributed by atoms with Gasteiger partial charge in [0.2, 0.25) is 0 Å². The van der Waals surface area contributed by atoms with Crippen LogP contribution in [0.2, 0.25) is 0 Å². The number of rotatable bonds is 3. The van der Waals surface area contributed by atoms with Gasteiger partial charge in [-0.15, -0.1) is 0 Å². The minimum absolute atomic E-state index is 0.00761. The monoisotopic (exact) mass is 377 g/mol. The molecule has 0 bridgehead atoms. The molecule has 144 valence electrons. The summed E-state index contributed by atoms with van der Waals surface area (Å²) in [4.78, 5) is 44.1. The Bertz CT molecular complexity index is 1190. The van der Waals surface area contributed by atoms with Crippen LogP contribution in [0.25, 0.3) is 11.0 Å². The number of nitrogens with one attached hydrogen (secondary N) is 1. The molecular weight excluding hydrogens is 354 g/mol. The quantitative estimate of drug-likeness (QED) is 0.760. The van der Waals surface area contributed by atoms with Gasteiger partial charge >= 0.3 is 5.69 Å². The molecule has 1 atom stereocenters. The number of Topliss-reactive ketones (excluding diaryl/α,β-unsaturated/α-hetero) is 1. The molecule has 0 spiro atoms. The fourth-order valence-corrected chi connectivity index (χ4v) is 4.09. The molecule has 3 aromatic rings. The predicted octanol–water partition coefficient (Wildman–Crippen LogP) is 3.14. The van der Waals surface area contributed by atoms with E-state index in [1.54, 1.807) is 0 Å². The number of nitrogens with zero attached hydrogens (tertiary/aromatic N) is 2. The molecule has 1 aromatic carbocycles. The van der Waals surface area contributed by atoms with Crippen LogP contribution in [0, 0.1) is 0 Å². The zero-order chi connectivity index (χ0) is 20.0. The third-order valence-electron chi connectivity index (χ3n) is 5.69. The molecule has 6 heteroatoms. The second-order valence-corrected chi connectivity index (χ2v) is 7.70. The number of H-pyrrole nitrogens is 1. The van der Waals surface area contributed by atoms with Crippen LogP contribution < -0.4 is 11.2 Å². The number of aromatic nitrogens is 3. The summed E-state index contributed by atoms with van der Waals surface area (Å²) < 4.78 is 1.43. The zero-order valence-electron chi connectivity index (χ0n) is 16.3. The van der Waals surface area contributed by atoms with Crippen LogP contribution in [0.1, 0.15) is 66.1 Å². The van der Waals surface area contributed by atoms with E-state index in [1.807, 2.05) is 6.92 Å². The summed E-state index contributed by atoms with van der Waals surface area (Å²) in [7, 11) is 0. The number of ketones is 1. The smallest absolute Gasteiger partial charge is 0.294 e. The van der Waals surface area contributed by atoms with Crippen molar-refractivity contribution in [2.45, 2.75) is 52.0 Å². The number of aromatic amines is 1. The third-order valence-corrected chi connectivity index (χ3v) is 5.69. The lowest BCUT2D eigenvalue weighted by molar-refractivity contribution is 0.0964. The van der Waals surface area contributed by atoms with Gasteiger partial charge in [-0.2, -0.15) is 0 Å². The highest BCUT2D eigenvalue weighted by atomic mass is 16.2. The van der Waals surface area contributed by atoms with Gasteiger partial charge in [0.15, 0.2) is 5.78 Å². The minimum atomic E-state index is -0.476. The van der Waals surface area contributed by atoms with Crippen LogP contribution in [0.15, 0.2) is 40.1 Å². The third kappa shape index (κ3) is 2.89. The second kappa shape index (κ2) is 6.86. The summed E-state index contributed by atoms with van der Waals surface area (Å²) in [6, 6.07) is 8.36. The molecule has 0 radical (unpaired) electrons. The van der Waals surface area contributed by atoms with Crippen molar-refractivity contribution in [1.82, 2.24) is 14.5 Å². The van der Waals surface area contributed by atoms with E-state index in [1.165, 1.54) is 16.3 Å². The number of carbonyl (C=O) groups excluding carboxylic acids is 1. The van der Waals surface area contributed by atoms with Crippen molar-refractivity contribution in [3.8, 4) is 0 Å². The van der Waals surface area contributed by atoms with E-state index in [4.69, 9.17) is 0 Å². The van der Waals surface area contributed by atoms with E-state index < -0.39 is 11.2 Å². The molecule has 0 unspecified atom stereocenters. The second-order valence-electron chi connectivity index (χ2n) is 7.70. The van der Waals surface area contributed by atoms with Gasteiger partial charge in [0.05, 0.1) is 5.39 Å². The largest absolute Gasteiger partial charge is 0.329 e. The summed E-state index contributed by atoms with van der Waals surface area (Å²) in [6.07, 6.45) is 2.49. The fraction of sp³-hybridized carbons (Fsp3) is 0.364. The first-order chi connectivity index (χ1) is 13.4. The molecule has 2 aromatic heterocycles. The van der Waals surface area contributed by atoms with E-state index in [9.17, 15) is 14.4 Å². The van der Waals surface area contributed by atoms with Gasteiger partial charge in [0, 0.05) is 24.7 Å². The molecule has 4 rings (SSSR count). The first-order valence-corrected chi connectivity index (χ1v) is 9.68. The molecule has 2 heterocycles. The minimum Gasteiger partial charge on any atom is -0.294 e. The zero-order valence-corrected chi connectivity index (χ0v) is 16.3. The van der Waals surface area contributed by atoms with Crippen LogP contribution in [0.3, 0.4) is 0 Å². The van der Waals surface area contributed by atoms with Crippen LogP contribution in [-0.4, -0.2) is 20.3 Å². The summed E-state index contributed by atoms with van der Waals surface area (Å²) in [5.41, 5.74) is 2.93. The molecule has 0 amide bonds. The summed E-state index contributed by atoms with van der Waals surface area (Å²) in [5, 5.41) is 0.357. The summed E-state index contributed by atoms with van der Waals surface area (Å²) in [5.74, 6) is 0.442. The lowest BCUT2D eigenvalue weighted by Crippen LogP contribution is -2.32. The average molecular weight is 377 g/mol. The summed E-state index contributed by atoms with van der Waals surface area (Å²) in [6.45, 7) is 6.51. The molecule has 28 heavy (non-hydrogen) atoms. The Hall–Kier alpha value is -3.02. The van der Waals surface area contributed by atoms with Crippen molar-refractivity contribution in [2.75, 3.05) is 0 Å². The number of pyridine rings is 1. The predicted molar refractivity (Wildman–Crippen MR) is 108 cm³/mol.